The van der Waals surface area contributed by atoms with Gasteiger partial charge in [-0.25, -0.2) is 0 Å². The summed E-state index contributed by atoms with van der Waals surface area (Å²) in [5.41, 5.74) is -0.146. The molecule has 0 aliphatic carbocycles. The number of phenolic OH excluding ortho intramolecular Hbond substituents is 1. The highest BCUT2D eigenvalue weighted by atomic mass is 32.1. The van der Waals surface area contributed by atoms with Crippen LogP contribution in [0, 0.1) is 10.1 Å². The number of hydrogen-bond donors (Lipinski definition) is 3. The van der Waals surface area contributed by atoms with Crippen LogP contribution >= 0.6 is 12.2 Å². The minimum Gasteiger partial charge on any atom is -0.502 e. The average molecular weight is 265 g/mol. The number of carbonyl (C=O) groups excluding carboxylic acids is 1. The highest BCUT2D eigenvalue weighted by Crippen LogP contribution is 2.30. The SMILES string of the molecule is O=C1NC(=S)N/C1=C\c1cccc([N+](=O)[O-])c1O. The van der Waals surface area contributed by atoms with Crippen LogP contribution in [0.4, 0.5) is 5.69 Å². The van der Waals surface area contributed by atoms with Gasteiger partial charge in [-0.1, -0.05) is 12.1 Å². The number of nitro benzene ring substituents is 1. The van der Waals surface area contributed by atoms with E-state index < -0.39 is 22.3 Å². The van der Waals surface area contributed by atoms with E-state index in [0.717, 1.165) is 0 Å². The van der Waals surface area contributed by atoms with E-state index in [1.807, 2.05) is 0 Å². The monoisotopic (exact) mass is 265 g/mol. The molecule has 1 aromatic rings. The highest BCUT2D eigenvalue weighted by molar-refractivity contribution is 7.80. The Morgan fingerprint density at radius 1 is 1.39 bits per heavy atom. The zero-order chi connectivity index (χ0) is 13.3. The first-order chi connectivity index (χ1) is 8.49. The van der Waals surface area contributed by atoms with E-state index >= 15 is 0 Å². The van der Waals surface area contributed by atoms with Crippen molar-refractivity contribution >= 4 is 35.0 Å². The van der Waals surface area contributed by atoms with Crippen LogP contribution in [-0.2, 0) is 4.79 Å². The van der Waals surface area contributed by atoms with Crippen molar-refractivity contribution in [3.63, 3.8) is 0 Å². The number of nitrogens with one attached hydrogen (secondary N) is 2. The van der Waals surface area contributed by atoms with Crippen molar-refractivity contribution in [1.29, 1.82) is 0 Å². The van der Waals surface area contributed by atoms with Crippen molar-refractivity contribution in [2.45, 2.75) is 0 Å². The van der Waals surface area contributed by atoms with Gasteiger partial charge in [-0.3, -0.25) is 20.2 Å². The number of rotatable bonds is 2. The molecule has 0 spiro atoms. The number of nitrogens with zero attached hydrogens (tertiary/aromatic N) is 1. The first-order valence-electron chi connectivity index (χ1n) is 4.79. The molecule has 7 nitrogen and oxygen atoms in total. The second-order valence-corrected chi connectivity index (χ2v) is 3.85. The Morgan fingerprint density at radius 3 is 2.67 bits per heavy atom. The van der Waals surface area contributed by atoms with Crippen molar-refractivity contribution in [2.24, 2.45) is 0 Å². The van der Waals surface area contributed by atoms with E-state index in [9.17, 15) is 20.0 Å². The van der Waals surface area contributed by atoms with Gasteiger partial charge in [0.25, 0.3) is 5.91 Å². The van der Waals surface area contributed by atoms with Crippen molar-refractivity contribution in [1.82, 2.24) is 10.6 Å². The van der Waals surface area contributed by atoms with Crippen LogP contribution in [0.2, 0.25) is 0 Å². The Hall–Kier alpha value is -2.48. The van der Waals surface area contributed by atoms with Gasteiger partial charge in [-0.2, -0.15) is 0 Å². The van der Waals surface area contributed by atoms with Gasteiger partial charge in [-0.15, -0.1) is 0 Å². The number of aromatic hydroxyl groups is 1. The van der Waals surface area contributed by atoms with Gasteiger partial charge in [0.05, 0.1) is 4.92 Å². The lowest BCUT2D eigenvalue weighted by atomic mass is 10.1. The summed E-state index contributed by atoms with van der Waals surface area (Å²) in [5.74, 6) is -0.951. The van der Waals surface area contributed by atoms with Gasteiger partial charge < -0.3 is 10.4 Å². The van der Waals surface area contributed by atoms with Crippen molar-refractivity contribution < 1.29 is 14.8 Å². The Bertz CT molecular complexity index is 597. The fourth-order valence-corrected chi connectivity index (χ4v) is 1.65. The third-order valence-corrected chi connectivity index (χ3v) is 2.47. The van der Waals surface area contributed by atoms with E-state index in [0.29, 0.717) is 0 Å². The summed E-state index contributed by atoms with van der Waals surface area (Å²) < 4.78 is 0. The number of amides is 1. The minimum atomic E-state index is -0.704. The summed E-state index contributed by atoms with van der Waals surface area (Å²) in [4.78, 5) is 21.3. The van der Waals surface area contributed by atoms with Crippen LogP contribution in [0.5, 0.6) is 5.75 Å². The molecular weight excluding hydrogens is 258 g/mol. The number of hydrogen-bond acceptors (Lipinski definition) is 5. The van der Waals surface area contributed by atoms with E-state index in [4.69, 9.17) is 12.2 Å². The van der Waals surface area contributed by atoms with Crippen LogP contribution < -0.4 is 10.6 Å². The van der Waals surface area contributed by atoms with Gasteiger partial charge in [-0.05, 0) is 18.3 Å². The van der Waals surface area contributed by atoms with Gasteiger partial charge in [0.2, 0.25) is 5.75 Å². The number of para-hydroxylation sites is 1. The van der Waals surface area contributed by atoms with Crippen molar-refractivity contribution in [3.8, 4) is 5.75 Å². The summed E-state index contributed by atoms with van der Waals surface area (Å²) in [6, 6.07) is 4.03. The van der Waals surface area contributed by atoms with Gasteiger partial charge >= 0.3 is 5.69 Å². The van der Waals surface area contributed by atoms with Crippen LogP contribution in [0.1, 0.15) is 5.56 Å². The second-order valence-electron chi connectivity index (χ2n) is 3.44. The fraction of sp³-hybridized carbons (Fsp3) is 0. The first kappa shape index (κ1) is 12.0. The van der Waals surface area contributed by atoms with E-state index in [1.165, 1.54) is 24.3 Å². The Kier molecular flexibility index (Phi) is 2.94. The topological polar surface area (TPSA) is 104 Å². The molecule has 0 unspecified atom stereocenters. The molecule has 92 valence electrons. The molecule has 0 bridgehead atoms. The van der Waals surface area contributed by atoms with Crippen LogP contribution in [0.15, 0.2) is 23.9 Å². The van der Waals surface area contributed by atoms with Crippen LogP contribution in [-0.4, -0.2) is 21.0 Å². The molecule has 18 heavy (non-hydrogen) atoms. The summed E-state index contributed by atoms with van der Waals surface area (Å²) in [6.45, 7) is 0. The minimum absolute atomic E-state index is 0.121. The number of phenols is 1. The molecule has 1 aliphatic heterocycles. The van der Waals surface area contributed by atoms with Crippen molar-refractivity contribution in [3.05, 3.63) is 39.6 Å². The van der Waals surface area contributed by atoms with E-state index in [2.05, 4.69) is 10.6 Å². The molecule has 1 heterocycles. The molecule has 0 radical (unpaired) electrons. The van der Waals surface area contributed by atoms with E-state index in [1.54, 1.807) is 0 Å². The third-order valence-electron chi connectivity index (χ3n) is 2.26. The lowest BCUT2D eigenvalue weighted by Crippen LogP contribution is -2.21. The number of nitro groups is 1. The van der Waals surface area contributed by atoms with Gasteiger partial charge in [0.1, 0.15) is 5.70 Å². The average Bonchev–Trinajstić information content (AvgIpc) is 2.60. The van der Waals surface area contributed by atoms with Gasteiger partial charge in [0.15, 0.2) is 5.11 Å². The molecule has 1 fully saturated rings. The lowest BCUT2D eigenvalue weighted by molar-refractivity contribution is -0.385. The molecule has 1 amide bonds. The van der Waals surface area contributed by atoms with Crippen molar-refractivity contribution in [2.75, 3.05) is 0 Å². The molecular formula is C10H7N3O4S. The predicted octanol–water partition coefficient (Wildman–Crippen LogP) is 0.646. The summed E-state index contributed by atoms with van der Waals surface area (Å²) in [7, 11) is 0. The molecule has 1 saturated heterocycles. The standard InChI is InChI=1S/C10H7N3O4S/c14-8-5(2-1-3-7(8)13(16)17)4-6-9(15)12-10(18)11-6/h1-4,14H,(H2,11,12,15,18)/b6-4-. The van der Waals surface area contributed by atoms with Crippen LogP contribution in [0.25, 0.3) is 6.08 Å². The van der Waals surface area contributed by atoms with E-state index in [-0.39, 0.29) is 16.4 Å². The Balaban J connectivity index is 2.44. The zero-order valence-electron chi connectivity index (χ0n) is 8.84. The number of benzene rings is 1. The molecule has 0 aromatic heterocycles. The number of carbonyl (C=O) groups is 1. The Morgan fingerprint density at radius 2 is 2.11 bits per heavy atom. The molecule has 3 N–H and O–H groups in total. The molecule has 1 aliphatic rings. The molecule has 0 saturated carbocycles. The Labute approximate surface area is 106 Å². The predicted molar refractivity (Wildman–Crippen MR) is 66.6 cm³/mol. The molecule has 1 aromatic carbocycles. The number of thiocarbonyl (C=S) groups is 1. The third kappa shape index (κ3) is 2.13. The molecule has 0 atom stereocenters. The fourth-order valence-electron chi connectivity index (χ4n) is 1.45. The maximum absolute atomic E-state index is 11.4. The highest BCUT2D eigenvalue weighted by Gasteiger charge is 2.22. The van der Waals surface area contributed by atoms with Gasteiger partial charge in [0, 0.05) is 11.6 Å². The smallest absolute Gasteiger partial charge is 0.311 e. The largest absolute Gasteiger partial charge is 0.502 e. The summed E-state index contributed by atoms with van der Waals surface area (Å²) >= 11 is 4.73. The normalized spacial score (nSPS) is 16.6. The molecule has 8 heteroatoms. The quantitative estimate of drug-likeness (QED) is 0.314. The first-order valence-corrected chi connectivity index (χ1v) is 5.20. The second kappa shape index (κ2) is 4.41. The maximum atomic E-state index is 11.4. The maximum Gasteiger partial charge on any atom is 0.311 e. The summed E-state index contributed by atoms with van der Waals surface area (Å²) in [6.07, 6.45) is 1.29. The zero-order valence-corrected chi connectivity index (χ0v) is 9.65. The summed E-state index contributed by atoms with van der Waals surface area (Å²) in [5, 5.41) is 25.4. The molecule has 2 rings (SSSR count). The lowest BCUT2D eigenvalue weighted by Gasteiger charge is -2.01. The van der Waals surface area contributed by atoms with Crippen LogP contribution in [0.3, 0.4) is 0 Å².